The Kier molecular flexibility index (Phi) is 5.11. The molecule has 0 saturated heterocycles. The molecule has 10 heteroatoms. The zero-order valence-corrected chi connectivity index (χ0v) is 14.7. The number of aromatic nitrogens is 6. The van der Waals surface area contributed by atoms with E-state index in [0.717, 1.165) is 5.39 Å². The van der Waals surface area contributed by atoms with Crippen LogP contribution >= 0.6 is 0 Å². The number of nitrogens with zero attached hydrogens (tertiary/aromatic N) is 7. The highest BCUT2D eigenvalue weighted by Crippen LogP contribution is 2.19. The third kappa shape index (κ3) is 3.76. The first-order valence-electron chi connectivity index (χ1n) is 8.57. The van der Waals surface area contributed by atoms with Crippen LogP contribution in [0.4, 0.5) is 4.39 Å². The van der Waals surface area contributed by atoms with Crippen molar-refractivity contribution in [2.24, 2.45) is 5.16 Å². The average Bonchev–Trinajstić information content (AvgIpc) is 3.10. The second-order valence-corrected chi connectivity index (χ2v) is 5.94. The van der Waals surface area contributed by atoms with Gasteiger partial charge in [0.2, 0.25) is 5.65 Å². The Bertz CT molecular complexity index is 1150. The summed E-state index contributed by atoms with van der Waals surface area (Å²) in [4.78, 5) is 17.7. The molecule has 0 aliphatic carbocycles. The first-order valence-corrected chi connectivity index (χ1v) is 8.57. The molecule has 4 rings (SSSR count). The molecule has 0 aliphatic rings. The summed E-state index contributed by atoms with van der Waals surface area (Å²) in [6.45, 7) is 0.194. The number of pyridine rings is 1. The Labute approximate surface area is 158 Å². The van der Waals surface area contributed by atoms with Gasteiger partial charge in [-0.3, -0.25) is 4.98 Å². The van der Waals surface area contributed by atoms with E-state index in [2.05, 4.69) is 30.4 Å². The number of fused-ring (bicyclic) bond motifs is 2. The molecule has 142 valence electrons. The van der Waals surface area contributed by atoms with E-state index in [0.29, 0.717) is 34.5 Å². The SMILES string of the molecule is OCCON=CCc1cnc2nnn(Cc3cc4cccnc4cc3F)c2n1. The van der Waals surface area contributed by atoms with Gasteiger partial charge in [-0.15, -0.1) is 5.10 Å². The minimum atomic E-state index is -0.368. The Hall–Kier alpha value is -3.53. The predicted molar refractivity (Wildman–Crippen MR) is 99.2 cm³/mol. The van der Waals surface area contributed by atoms with Gasteiger partial charge in [0, 0.05) is 35.8 Å². The lowest BCUT2D eigenvalue weighted by molar-refractivity contribution is 0.0994. The third-order valence-electron chi connectivity index (χ3n) is 4.00. The Balaban J connectivity index is 1.59. The fraction of sp³-hybridized carbons (Fsp3) is 0.222. The van der Waals surface area contributed by atoms with Crippen LogP contribution < -0.4 is 0 Å². The van der Waals surface area contributed by atoms with Gasteiger partial charge in [-0.1, -0.05) is 16.4 Å². The summed E-state index contributed by atoms with van der Waals surface area (Å²) in [6.07, 6.45) is 5.11. The molecule has 3 heterocycles. The van der Waals surface area contributed by atoms with Crippen molar-refractivity contribution in [3.8, 4) is 0 Å². The van der Waals surface area contributed by atoms with Crippen molar-refractivity contribution < 1.29 is 14.3 Å². The number of aliphatic hydroxyl groups is 1. The smallest absolute Gasteiger partial charge is 0.221 e. The summed E-state index contributed by atoms with van der Waals surface area (Å²) in [5, 5.41) is 21.2. The maximum Gasteiger partial charge on any atom is 0.221 e. The van der Waals surface area contributed by atoms with Gasteiger partial charge in [0.05, 0.1) is 30.6 Å². The van der Waals surface area contributed by atoms with Crippen LogP contribution in [0.15, 0.2) is 41.8 Å². The fourth-order valence-corrected chi connectivity index (χ4v) is 2.70. The van der Waals surface area contributed by atoms with E-state index in [4.69, 9.17) is 9.94 Å². The normalized spacial score (nSPS) is 11.6. The largest absolute Gasteiger partial charge is 0.394 e. The number of rotatable bonds is 7. The van der Waals surface area contributed by atoms with Gasteiger partial charge in [0.1, 0.15) is 12.4 Å². The second-order valence-electron chi connectivity index (χ2n) is 5.94. The van der Waals surface area contributed by atoms with E-state index in [9.17, 15) is 4.39 Å². The minimum absolute atomic E-state index is 0.102. The van der Waals surface area contributed by atoms with Crippen LogP contribution in [-0.4, -0.2) is 54.5 Å². The van der Waals surface area contributed by atoms with Crippen molar-refractivity contribution >= 4 is 28.4 Å². The highest BCUT2D eigenvalue weighted by atomic mass is 19.1. The lowest BCUT2D eigenvalue weighted by Crippen LogP contribution is -2.06. The van der Waals surface area contributed by atoms with Gasteiger partial charge < -0.3 is 9.94 Å². The van der Waals surface area contributed by atoms with E-state index < -0.39 is 0 Å². The molecule has 0 unspecified atom stereocenters. The average molecular weight is 381 g/mol. The molecule has 0 saturated carbocycles. The fourth-order valence-electron chi connectivity index (χ4n) is 2.70. The third-order valence-corrected chi connectivity index (χ3v) is 4.00. The summed E-state index contributed by atoms with van der Waals surface area (Å²) in [6, 6.07) is 6.83. The quantitative estimate of drug-likeness (QED) is 0.293. The van der Waals surface area contributed by atoms with Crippen LogP contribution in [0.2, 0.25) is 0 Å². The number of hydrogen-bond acceptors (Lipinski definition) is 8. The first-order chi connectivity index (χ1) is 13.7. The standard InChI is InChI=1S/C18H16FN7O2/c19-15-9-16-12(2-1-4-20-16)8-13(15)11-26-18-17(24-25-26)21-10-14(23-18)3-5-22-28-7-6-27/h1-2,4-5,8-10,27H,3,6-7,11H2. The van der Waals surface area contributed by atoms with Crippen molar-refractivity contribution in [2.75, 3.05) is 13.2 Å². The number of oxime groups is 1. The monoisotopic (exact) mass is 381 g/mol. The molecule has 1 N–H and O–H groups in total. The van der Waals surface area contributed by atoms with Crippen LogP contribution in [0, 0.1) is 5.82 Å². The maximum atomic E-state index is 14.5. The van der Waals surface area contributed by atoms with E-state index in [1.165, 1.54) is 17.0 Å². The van der Waals surface area contributed by atoms with Crippen LogP contribution in [0.3, 0.4) is 0 Å². The first kappa shape index (κ1) is 17.9. The van der Waals surface area contributed by atoms with Crippen molar-refractivity contribution in [3.63, 3.8) is 0 Å². The van der Waals surface area contributed by atoms with E-state index in [1.54, 1.807) is 24.5 Å². The van der Waals surface area contributed by atoms with Gasteiger partial charge in [0.25, 0.3) is 0 Å². The van der Waals surface area contributed by atoms with Gasteiger partial charge >= 0.3 is 0 Å². The molecule has 0 amide bonds. The van der Waals surface area contributed by atoms with Crippen LogP contribution in [-0.2, 0) is 17.8 Å². The predicted octanol–water partition coefficient (Wildman–Crippen LogP) is 1.49. The summed E-state index contributed by atoms with van der Waals surface area (Å²) < 4.78 is 16.0. The summed E-state index contributed by atoms with van der Waals surface area (Å²) in [7, 11) is 0. The zero-order valence-electron chi connectivity index (χ0n) is 14.7. The van der Waals surface area contributed by atoms with Crippen molar-refractivity contribution in [3.05, 3.63) is 53.7 Å². The highest BCUT2D eigenvalue weighted by molar-refractivity contribution is 5.79. The maximum absolute atomic E-state index is 14.5. The summed E-state index contributed by atoms with van der Waals surface area (Å²) in [5.41, 5.74) is 2.51. The highest BCUT2D eigenvalue weighted by Gasteiger charge is 2.12. The number of halogens is 1. The molecule has 1 aromatic carbocycles. The van der Waals surface area contributed by atoms with Crippen LogP contribution in [0.25, 0.3) is 22.2 Å². The Morgan fingerprint density at radius 2 is 2.21 bits per heavy atom. The topological polar surface area (TPSA) is 111 Å². The summed E-state index contributed by atoms with van der Waals surface area (Å²) in [5.74, 6) is -0.368. The van der Waals surface area contributed by atoms with Crippen molar-refractivity contribution in [1.29, 1.82) is 0 Å². The van der Waals surface area contributed by atoms with Gasteiger partial charge in [-0.2, -0.15) is 0 Å². The molecule has 0 atom stereocenters. The van der Waals surface area contributed by atoms with Crippen molar-refractivity contribution in [1.82, 2.24) is 29.9 Å². The molecule has 4 aromatic rings. The summed E-state index contributed by atoms with van der Waals surface area (Å²) >= 11 is 0. The number of aliphatic hydroxyl groups excluding tert-OH is 1. The van der Waals surface area contributed by atoms with Gasteiger partial charge in [-0.25, -0.2) is 19.0 Å². The zero-order chi connectivity index (χ0) is 19.3. The molecular weight excluding hydrogens is 365 g/mol. The molecule has 28 heavy (non-hydrogen) atoms. The lowest BCUT2D eigenvalue weighted by Gasteiger charge is -2.06. The van der Waals surface area contributed by atoms with Crippen LogP contribution in [0.5, 0.6) is 0 Å². The van der Waals surface area contributed by atoms with Crippen LogP contribution in [0.1, 0.15) is 11.3 Å². The molecule has 0 fully saturated rings. The minimum Gasteiger partial charge on any atom is -0.394 e. The Morgan fingerprint density at radius 3 is 3.11 bits per heavy atom. The molecule has 0 radical (unpaired) electrons. The molecule has 9 nitrogen and oxygen atoms in total. The molecular formula is C18H16FN7O2. The van der Waals surface area contributed by atoms with Crippen molar-refractivity contribution in [2.45, 2.75) is 13.0 Å². The molecule has 0 spiro atoms. The van der Waals surface area contributed by atoms with E-state index >= 15 is 0 Å². The Morgan fingerprint density at radius 1 is 1.29 bits per heavy atom. The second kappa shape index (κ2) is 8.01. The van der Waals surface area contributed by atoms with Gasteiger partial charge in [0.15, 0.2) is 5.65 Å². The lowest BCUT2D eigenvalue weighted by atomic mass is 10.1. The van der Waals surface area contributed by atoms with E-state index in [1.807, 2.05) is 6.07 Å². The number of hydrogen-bond donors (Lipinski definition) is 1. The molecule has 3 aromatic heterocycles. The van der Waals surface area contributed by atoms with E-state index in [-0.39, 0.29) is 25.6 Å². The van der Waals surface area contributed by atoms with Gasteiger partial charge in [-0.05, 0) is 12.1 Å². The molecule has 0 aliphatic heterocycles. The molecule has 0 bridgehead atoms. The number of benzene rings is 1.